The van der Waals surface area contributed by atoms with Crippen LogP contribution < -0.4 is 5.43 Å². The summed E-state index contributed by atoms with van der Waals surface area (Å²) in [5.74, 6) is -1.29. The SMILES string of the molecule is O=C(O)CCC(=O)[N+]1=C(c2cccc(Br)c2)C[C@H](c2cn(-c3ccccc3)nc2-c2ccccc2)N1. The van der Waals surface area contributed by atoms with Gasteiger partial charge in [0.2, 0.25) is 5.71 Å². The molecule has 0 spiro atoms. The monoisotopic (exact) mass is 543 g/mol. The number of carbonyl (C=O) groups excluding carboxylic acids is 1. The largest absolute Gasteiger partial charge is 0.481 e. The van der Waals surface area contributed by atoms with Crippen LogP contribution in [0.15, 0.2) is 95.6 Å². The molecule has 2 heterocycles. The summed E-state index contributed by atoms with van der Waals surface area (Å²) in [4.78, 5) is 24.2. The maximum Gasteiger partial charge on any atom is 0.415 e. The zero-order valence-electron chi connectivity index (χ0n) is 19.3. The van der Waals surface area contributed by atoms with Gasteiger partial charge in [0.15, 0.2) is 0 Å². The molecular formula is C28H24BrN4O3+. The van der Waals surface area contributed by atoms with E-state index in [0.29, 0.717) is 6.42 Å². The van der Waals surface area contributed by atoms with Crippen molar-refractivity contribution in [1.82, 2.24) is 15.2 Å². The van der Waals surface area contributed by atoms with Gasteiger partial charge in [-0.2, -0.15) is 10.5 Å². The van der Waals surface area contributed by atoms with Crippen LogP contribution in [-0.2, 0) is 9.59 Å². The van der Waals surface area contributed by atoms with Gasteiger partial charge in [0, 0.05) is 27.4 Å². The second-order valence-electron chi connectivity index (χ2n) is 8.54. The lowest BCUT2D eigenvalue weighted by Crippen LogP contribution is -2.34. The summed E-state index contributed by atoms with van der Waals surface area (Å²) >= 11 is 3.52. The molecule has 36 heavy (non-hydrogen) atoms. The second-order valence-corrected chi connectivity index (χ2v) is 9.46. The van der Waals surface area contributed by atoms with E-state index in [9.17, 15) is 9.59 Å². The van der Waals surface area contributed by atoms with Crippen molar-refractivity contribution in [3.63, 3.8) is 0 Å². The number of hydrogen-bond acceptors (Lipinski definition) is 4. The first-order valence-electron chi connectivity index (χ1n) is 11.6. The number of carboxylic acids is 1. The summed E-state index contributed by atoms with van der Waals surface area (Å²) in [5.41, 5.74) is 8.73. The molecule has 0 fully saturated rings. The van der Waals surface area contributed by atoms with Crippen LogP contribution in [0.4, 0.5) is 0 Å². The molecule has 0 saturated carbocycles. The third-order valence-corrected chi connectivity index (χ3v) is 6.59. The fourth-order valence-corrected chi connectivity index (χ4v) is 4.78. The van der Waals surface area contributed by atoms with Gasteiger partial charge in [0.25, 0.3) is 0 Å². The maximum atomic E-state index is 13.1. The van der Waals surface area contributed by atoms with Gasteiger partial charge >= 0.3 is 11.9 Å². The Balaban J connectivity index is 1.56. The molecule has 0 saturated heterocycles. The fraction of sp³-hybridized carbons (Fsp3) is 0.143. The average Bonchev–Trinajstić information content (AvgIpc) is 3.54. The van der Waals surface area contributed by atoms with E-state index in [0.717, 1.165) is 38.3 Å². The molecule has 180 valence electrons. The normalized spacial score (nSPS) is 15.1. The quantitative estimate of drug-likeness (QED) is 0.315. The Labute approximate surface area is 216 Å². The highest BCUT2D eigenvalue weighted by Crippen LogP contribution is 2.33. The van der Waals surface area contributed by atoms with Crippen LogP contribution in [0, 0.1) is 0 Å². The minimum atomic E-state index is -1.00. The fourth-order valence-electron chi connectivity index (χ4n) is 4.38. The Hall–Kier alpha value is -4.04. The molecule has 0 aliphatic carbocycles. The van der Waals surface area contributed by atoms with Gasteiger partial charge in [-0.3, -0.25) is 4.79 Å². The smallest absolute Gasteiger partial charge is 0.415 e. The zero-order chi connectivity index (χ0) is 25.1. The zero-order valence-corrected chi connectivity index (χ0v) is 20.9. The van der Waals surface area contributed by atoms with Crippen molar-refractivity contribution in [3.8, 4) is 16.9 Å². The van der Waals surface area contributed by atoms with E-state index < -0.39 is 5.97 Å². The van der Waals surface area contributed by atoms with Crippen LogP contribution in [-0.4, -0.2) is 37.2 Å². The first-order valence-corrected chi connectivity index (χ1v) is 12.4. The molecule has 4 aromatic rings. The molecule has 1 aromatic heterocycles. The van der Waals surface area contributed by atoms with Gasteiger partial charge in [-0.25, -0.2) is 9.48 Å². The third-order valence-electron chi connectivity index (χ3n) is 6.10. The summed E-state index contributed by atoms with van der Waals surface area (Å²) in [6, 6.07) is 27.4. The van der Waals surface area contributed by atoms with Crippen molar-refractivity contribution < 1.29 is 19.4 Å². The van der Waals surface area contributed by atoms with E-state index in [1.54, 1.807) is 0 Å². The van der Waals surface area contributed by atoms with E-state index in [1.165, 1.54) is 4.68 Å². The summed E-state index contributed by atoms with van der Waals surface area (Å²) in [6.45, 7) is 0. The lowest BCUT2D eigenvalue weighted by Gasteiger charge is -2.08. The Kier molecular flexibility index (Phi) is 6.77. The molecule has 5 rings (SSSR count). The van der Waals surface area contributed by atoms with Crippen molar-refractivity contribution in [3.05, 3.63) is 107 Å². The highest BCUT2D eigenvalue weighted by Gasteiger charge is 2.39. The predicted molar refractivity (Wildman–Crippen MR) is 140 cm³/mol. The number of carboxylic acid groups (broad SMARTS) is 1. The van der Waals surface area contributed by atoms with Gasteiger partial charge < -0.3 is 5.11 Å². The molecule has 7 nitrogen and oxygen atoms in total. The number of carbonyl (C=O) groups is 2. The number of nitrogens with one attached hydrogen (secondary N) is 1. The van der Waals surface area contributed by atoms with E-state index in [1.807, 2.05) is 95.8 Å². The molecule has 1 amide bonds. The number of hydrazine groups is 1. The lowest BCUT2D eigenvalue weighted by molar-refractivity contribution is -0.506. The van der Waals surface area contributed by atoms with Crippen molar-refractivity contribution >= 4 is 33.5 Å². The predicted octanol–water partition coefficient (Wildman–Crippen LogP) is 5.14. The molecule has 0 bridgehead atoms. The molecule has 3 aromatic carbocycles. The van der Waals surface area contributed by atoms with E-state index >= 15 is 0 Å². The highest BCUT2D eigenvalue weighted by molar-refractivity contribution is 9.10. The summed E-state index contributed by atoms with van der Waals surface area (Å²) in [6.07, 6.45) is 2.21. The third kappa shape index (κ3) is 4.99. The first kappa shape index (κ1) is 23.7. The molecule has 2 N–H and O–H groups in total. The van der Waals surface area contributed by atoms with Gasteiger partial charge in [0.1, 0.15) is 6.04 Å². The number of nitrogens with zero attached hydrogens (tertiary/aromatic N) is 3. The molecule has 1 aliphatic heterocycles. The summed E-state index contributed by atoms with van der Waals surface area (Å²) < 4.78 is 4.27. The Morgan fingerprint density at radius 2 is 1.67 bits per heavy atom. The average molecular weight is 544 g/mol. The number of aliphatic carboxylic acids is 1. The van der Waals surface area contributed by atoms with Crippen molar-refractivity contribution in [1.29, 1.82) is 0 Å². The van der Waals surface area contributed by atoms with Crippen LogP contribution in [0.2, 0.25) is 0 Å². The first-order chi connectivity index (χ1) is 17.5. The minimum absolute atomic E-state index is 0.0959. The van der Waals surface area contributed by atoms with Crippen LogP contribution in [0.25, 0.3) is 16.9 Å². The van der Waals surface area contributed by atoms with E-state index in [-0.39, 0.29) is 24.8 Å². The number of para-hydroxylation sites is 1. The number of benzene rings is 3. The minimum Gasteiger partial charge on any atom is -0.481 e. The summed E-state index contributed by atoms with van der Waals surface area (Å²) in [7, 11) is 0. The Bertz CT molecular complexity index is 1450. The number of amides is 1. The number of aromatic nitrogens is 2. The molecular weight excluding hydrogens is 520 g/mol. The van der Waals surface area contributed by atoms with Gasteiger partial charge in [-0.1, -0.05) is 70.5 Å². The van der Waals surface area contributed by atoms with Crippen LogP contribution in [0.3, 0.4) is 0 Å². The standard InChI is InChI=1S/C28H23BrN4O3/c29-21-11-7-10-20(16-21)25-17-24(30-33(25)26(34)14-15-27(35)36)23-18-32(22-12-5-2-6-13-22)31-28(23)19-8-3-1-4-9-19/h1-13,16,18,24,30H,14-15,17H2/p+1/t24-/m1/s1. The number of rotatable bonds is 7. The summed E-state index contributed by atoms with van der Waals surface area (Å²) in [5, 5.41) is 14.0. The van der Waals surface area contributed by atoms with E-state index in [4.69, 9.17) is 10.2 Å². The Morgan fingerprint density at radius 1 is 0.972 bits per heavy atom. The van der Waals surface area contributed by atoms with Crippen LogP contribution in [0.5, 0.6) is 0 Å². The van der Waals surface area contributed by atoms with Crippen LogP contribution >= 0.6 is 15.9 Å². The van der Waals surface area contributed by atoms with Crippen molar-refractivity contribution in [2.45, 2.75) is 25.3 Å². The molecule has 8 heteroatoms. The Morgan fingerprint density at radius 3 is 2.36 bits per heavy atom. The number of hydrazone groups is 1. The number of halogens is 1. The number of hydrogen-bond donors (Lipinski definition) is 2. The van der Waals surface area contributed by atoms with Gasteiger partial charge in [-0.15, -0.1) is 0 Å². The van der Waals surface area contributed by atoms with Crippen molar-refractivity contribution in [2.24, 2.45) is 0 Å². The molecule has 0 unspecified atom stereocenters. The van der Waals surface area contributed by atoms with Gasteiger partial charge in [-0.05, 0) is 35.0 Å². The maximum absolute atomic E-state index is 13.1. The topological polar surface area (TPSA) is 87.2 Å². The van der Waals surface area contributed by atoms with Crippen molar-refractivity contribution in [2.75, 3.05) is 0 Å². The highest BCUT2D eigenvalue weighted by atomic mass is 79.9. The lowest BCUT2D eigenvalue weighted by atomic mass is 9.97. The molecule has 1 aliphatic rings. The van der Waals surface area contributed by atoms with E-state index in [2.05, 4.69) is 21.4 Å². The van der Waals surface area contributed by atoms with Gasteiger partial charge in [0.05, 0.1) is 30.6 Å². The second kappa shape index (κ2) is 10.3. The molecule has 1 atom stereocenters. The molecule has 0 radical (unpaired) electrons. The van der Waals surface area contributed by atoms with Crippen LogP contribution in [0.1, 0.15) is 36.4 Å².